The van der Waals surface area contributed by atoms with Crippen LogP contribution in [0.3, 0.4) is 0 Å². The molecule has 0 N–H and O–H groups in total. The largest absolute Gasteiger partial charge is 0.493 e. The number of ether oxygens (including phenoxy) is 2. The average molecular weight is 301 g/mol. The highest BCUT2D eigenvalue weighted by Gasteiger charge is 2.16. The van der Waals surface area contributed by atoms with E-state index in [4.69, 9.17) is 20.0 Å². The third kappa shape index (κ3) is 4.68. The first kappa shape index (κ1) is 17.3. The van der Waals surface area contributed by atoms with Crippen LogP contribution >= 0.6 is 0 Å². The zero-order chi connectivity index (χ0) is 16.5. The summed E-state index contributed by atoms with van der Waals surface area (Å²) in [5.41, 5.74) is 0.452. The lowest BCUT2D eigenvalue weighted by atomic mass is 10.2. The van der Waals surface area contributed by atoms with E-state index < -0.39 is 0 Å². The van der Waals surface area contributed by atoms with Crippen molar-refractivity contribution in [1.29, 1.82) is 10.5 Å². The summed E-state index contributed by atoms with van der Waals surface area (Å²) in [5.74, 6) is 0.379. The van der Waals surface area contributed by atoms with Crippen LogP contribution in [-0.4, -0.2) is 37.6 Å². The highest BCUT2D eigenvalue weighted by Crippen LogP contribution is 2.27. The van der Waals surface area contributed by atoms with Gasteiger partial charge in [-0.25, -0.2) is 0 Å². The van der Waals surface area contributed by atoms with Gasteiger partial charge in [0, 0.05) is 19.2 Å². The minimum atomic E-state index is -0.228. The Morgan fingerprint density at radius 2 is 2.09 bits per heavy atom. The smallest absolute Gasteiger partial charge is 0.260 e. The molecular formula is C16H19N3O3. The molecule has 1 aromatic rings. The fourth-order valence-electron chi connectivity index (χ4n) is 1.87. The van der Waals surface area contributed by atoms with Crippen LogP contribution in [0, 0.1) is 28.6 Å². The fraction of sp³-hybridized carbons (Fsp3) is 0.438. The first-order valence-corrected chi connectivity index (χ1v) is 6.94. The van der Waals surface area contributed by atoms with Crippen LogP contribution in [0.2, 0.25) is 0 Å². The molecular weight excluding hydrogens is 282 g/mol. The number of likely N-dealkylation sites (N-methyl/N-ethyl adjacent to an activating group) is 1. The maximum Gasteiger partial charge on any atom is 0.260 e. The van der Waals surface area contributed by atoms with Gasteiger partial charge in [0.1, 0.15) is 0 Å². The molecule has 0 aliphatic heterocycles. The predicted molar refractivity (Wildman–Crippen MR) is 80.2 cm³/mol. The molecule has 1 rings (SSSR count). The van der Waals surface area contributed by atoms with E-state index in [0.29, 0.717) is 30.2 Å². The van der Waals surface area contributed by atoms with E-state index in [1.54, 1.807) is 30.0 Å². The Kier molecular flexibility index (Phi) is 6.72. The lowest BCUT2D eigenvalue weighted by Crippen LogP contribution is -2.37. The number of nitriles is 2. The number of rotatable bonds is 7. The molecule has 22 heavy (non-hydrogen) atoms. The molecule has 1 aromatic carbocycles. The molecule has 0 aliphatic carbocycles. The third-order valence-electron chi connectivity index (χ3n) is 3.09. The highest BCUT2D eigenvalue weighted by molar-refractivity contribution is 5.77. The Morgan fingerprint density at radius 3 is 2.64 bits per heavy atom. The van der Waals surface area contributed by atoms with Crippen LogP contribution in [-0.2, 0) is 4.79 Å². The first-order chi connectivity index (χ1) is 10.5. The van der Waals surface area contributed by atoms with Crippen LogP contribution < -0.4 is 9.47 Å². The molecule has 1 atom stereocenters. The summed E-state index contributed by atoms with van der Waals surface area (Å²) in [6.45, 7) is 4.36. The molecule has 116 valence electrons. The normalized spacial score (nSPS) is 11.0. The standard InChI is InChI=1S/C16H19N3O3/c1-4-19(10-12(2)8-17)16(20)11-22-14-6-5-13(9-18)7-15(14)21-3/h5-7,12H,4,10-11H2,1-3H3. The van der Waals surface area contributed by atoms with Crippen molar-refractivity contribution in [3.63, 3.8) is 0 Å². The van der Waals surface area contributed by atoms with Gasteiger partial charge in [-0.3, -0.25) is 4.79 Å². The second-order valence-corrected chi connectivity index (χ2v) is 4.73. The van der Waals surface area contributed by atoms with E-state index in [0.717, 1.165) is 0 Å². The minimum absolute atomic E-state index is 0.145. The van der Waals surface area contributed by atoms with Gasteiger partial charge in [-0.05, 0) is 26.0 Å². The molecule has 0 bridgehead atoms. The number of nitrogens with zero attached hydrogens (tertiary/aromatic N) is 3. The third-order valence-corrected chi connectivity index (χ3v) is 3.09. The Hall–Kier alpha value is -2.73. The van der Waals surface area contributed by atoms with Crippen molar-refractivity contribution in [2.75, 3.05) is 26.8 Å². The van der Waals surface area contributed by atoms with E-state index >= 15 is 0 Å². The van der Waals surface area contributed by atoms with Crippen LogP contribution in [0.25, 0.3) is 0 Å². The van der Waals surface area contributed by atoms with Crippen molar-refractivity contribution in [2.24, 2.45) is 5.92 Å². The zero-order valence-electron chi connectivity index (χ0n) is 13.0. The van der Waals surface area contributed by atoms with Crippen molar-refractivity contribution in [2.45, 2.75) is 13.8 Å². The van der Waals surface area contributed by atoms with Gasteiger partial charge < -0.3 is 14.4 Å². The van der Waals surface area contributed by atoms with Gasteiger partial charge in [0.15, 0.2) is 18.1 Å². The Bertz CT molecular complexity index is 602. The monoisotopic (exact) mass is 301 g/mol. The van der Waals surface area contributed by atoms with E-state index in [9.17, 15) is 4.79 Å². The van der Waals surface area contributed by atoms with Crippen molar-refractivity contribution >= 4 is 5.91 Å². The van der Waals surface area contributed by atoms with Gasteiger partial charge in [-0.1, -0.05) is 0 Å². The van der Waals surface area contributed by atoms with Crippen LogP contribution in [0.5, 0.6) is 11.5 Å². The summed E-state index contributed by atoms with van der Waals surface area (Å²) < 4.78 is 10.6. The van der Waals surface area contributed by atoms with Gasteiger partial charge in [-0.15, -0.1) is 0 Å². The van der Waals surface area contributed by atoms with Gasteiger partial charge >= 0.3 is 0 Å². The molecule has 0 radical (unpaired) electrons. The number of benzene rings is 1. The van der Waals surface area contributed by atoms with Crippen molar-refractivity contribution in [3.8, 4) is 23.6 Å². The molecule has 0 saturated carbocycles. The zero-order valence-corrected chi connectivity index (χ0v) is 13.0. The molecule has 6 heteroatoms. The fourth-order valence-corrected chi connectivity index (χ4v) is 1.87. The average Bonchev–Trinajstić information content (AvgIpc) is 2.56. The van der Waals surface area contributed by atoms with Crippen molar-refractivity contribution < 1.29 is 14.3 Å². The molecule has 1 unspecified atom stereocenters. The number of methoxy groups -OCH3 is 1. The number of amides is 1. The number of carbonyl (C=O) groups excluding carboxylic acids is 1. The van der Waals surface area contributed by atoms with E-state index in [2.05, 4.69) is 6.07 Å². The Balaban J connectivity index is 2.71. The summed E-state index contributed by atoms with van der Waals surface area (Å²) in [4.78, 5) is 13.7. The summed E-state index contributed by atoms with van der Waals surface area (Å²) in [5, 5.41) is 17.7. The summed E-state index contributed by atoms with van der Waals surface area (Å²) in [6.07, 6.45) is 0. The molecule has 0 heterocycles. The van der Waals surface area contributed by atoms with Crippen LogP contribution in [0.15, 0.2) is 18.2 Å². The first-order valence-electron chi connectivity index (χ1n) is 6.94. The Morgan fingerprint density at radius 1 is 1.36 bits per heavy atom. The molecule has 0 saturated heterocycles. The topological polar surface area (TPSA) is 86.4 Å². The molecule has 0 aromatic heterocycles. The lowest BCUT2D eigenvalue weighted by Gasteiger charge is -2.22. The summed E-state index contributed by atoms with van der Waals surface area (Å²) >= 11 is 0. The maximum absolute atomic E-state index is 12.1. The van der Waals surface area contributed by atoms with E-state index in [-0.39, 0.29) is 18.4 Å². The number of hydrogen-bond acceptors (Lipinski definition) is 5. The van der Waals surface area contributed by atoms with E-state index in [1.165, 1.54) is 7.11 Å². The number of hydrogen-bond donors (Lipinski definition) is 0. The predicted octanol–water partition coefficient (Wildman–Crippen LogP) is 1.95. The molecule has 0 spiro atoms. The molecule has 6 nitrogen and oxygen atoms in total. The van der Waals surface area contributed by atoms with Gasteiger partial charge in [0.25, 0.3) is 5.91 Å². The SMILES string of the molecule is CCN(CC(C)C#N)C(=O)COc1ccc(C#N)cc1OC. The van der Waals surface area contributed by atoms with Crippen LogP contribution in [0.1, 0.15) is 19.4 Å². The molecule has 0 aliphatic rings. The van der Waals surface area contributed by atoms with Gasteiger partial charge in [0.05, 0.1) is 30.7 Å². The van der Waals surface area contributed by atoms with Gasteiger partial charge in [0.2, 0.25) is 0 Å². The summed E-state index contributed by atoms with van der Waals surface area (Å²) in [6, 6.07) is 8.85. The van der Waals surface area contributed by atoms with Gasteiger partial charge in [-0.2, -0.15) is 10.5 Å². The molecule has 1 amide bonds. The molecule has 0 fully saturated rings. The quantitative estimate of drug-likeness (QED) is 0.768. The Labute approximate surface area is 130 Å². The summed E-state index contributed by atoms with van der Waals surface area (Å²) in [7, 11) is 1.47. The second-order valence-electron chi connectivity index (χ2n) is 4.73. The second kappa shape index (κ2) is 8.53. The van der Waals surface area contributed by atoms with Crippen molar-refractivity contribution in [3.05, 3.63) is 23.8 Å². The highest BCUT2D eigenvalue weighted by atomic mass is 16.5. The number of carbonyl (C=O) groups is 1. The van der Waals surface area contributed by atoms with Crippen molar-refractivity contribution in [1.82, 2.24) is 4.90 Å². The maximum atomic E-state index is 12.1. The van der Waals surface area contributed by atoms with Crippen LogP contribution in [0.4, 0.5) is 0 Å². The minimum Gasteiger partial charge on any atom is -0.493 e. The van der Waals surface area contributed by atoms with E-state index in [1.807, 2.05) is 13.0 Å². The lowest BCUT2D eigenvalue weighted by molar-refractivity contribution is -0.133.